The standard InChI is InChI=1S/C16H26N4.HI/c1-13(20(3)15-7-5-4-6-8-15)11-18-16(17-2)19-12-14-9-10-14;/h4-8,13-14H,9-12H2,1-3H3,(H2,17,18,19);1H. The summed E-state index contributed by atoms with van der Waals surface area (Å²) in [5, 5.41) is 6.79. The molecule has 1 fully saturated rings. The van der Waals surface area contributed by atoms with Crippen LogP contribution in [0.15, 0.2) is 35.3 Å². The second kappa shape index (κ2) is 9.12. The number of rotatable bonds is 6. The Morgan fingerprint density at radius 1 is 1.29 bits per heavy atom. The quantitative estimate of drug-likeness (QED) is 0.437. The van der Waals surface area contributed by atoms with Crippen molar-refractivity contribution < 1.29 is 0 Å². The Bertz CT molecular complexity index is 431. The van der Waals surface area contributed by atoms with Crippen molar-refractivity contribution in [2.24, 2.45) is 10.9 Å². The van der Waals surface area contributed by atoms with Crippen molar-refractivity contribution in [2.75, 3.05) is 32.1 Å². The summed E-state index contributed by atoms with van der Waals surface area (Å²) < 4.78 is 0. The largest absolute Gasteiger partial charge is 0.370 e. The van der Waals surface area contributed by atoms with Crippen LogP contribution in [0.1, 0.15) is 19.8 Å². The Morgan fingerprint density at radius 3 is 2.52 bits per heavy atom. The number of hydrogen-bond donors (Lipinski definition) is 2. The smallest absolute Gasteiger partial charge is 0.191 e. The molecule has 1 aromatic rings. The summed E-state index contributed by atoms with van der Waals surface area (Å²) in [7, 11) is 3.95. The molecule has 1 aliphatic rings. The van der Waals surface area contributed by atoms with Crippen molar-refractivity contribution >= 4 is 35.6 Å². The molecule has 1 aliphatic carbocycles. The lowest BCUT2D eigenvalue weighted by Crippen LogP contribution is -2.45. The van der Waals surface area contributed by atoms with Crippen LogP contribution in [-0.2, 0) is 0 Å². The highest BCUT2D eigenvalue weighted by Crippen LogP contribution is 2.27. The van der Waals surface area contributed by atoms with E-state index in [1.54, 1.807) is 0 Å². The van der Waals surface area contributed by atoms with Gasteiger partial charge in [-0.25, -0.2) is 0 Å². The summed E-state index contributed by atoms with van der Waals surface area (Å²) in [6.45, 7) is 4.13. The molecular weight excluding hydrogens is 375 g/mol. The summed E-state index contributed by atoms with van der Waals surface area (Å²) in [5.74, 6) is 1.77. The number of benzene rings is 1. The fourth-order valence-electron chi connectivity index (χ4n) is 2.08. The molecule has 0 heterocycles. The fraction of sp³-hybridized carbons (Fsp3) is 0.562. The number of halogens is 1. The van der Waals surface area contributed by atoms with Gasteiger partial charge in [0, 0.05) is 38.9 Å². The highest BCUT2D eigenvalue weighted by atomic mass is 127. The van der Waals surface area contributed by atoms with Crippen LogP contribution in [0.4, 0.5) is 5.69 Å². The maximum absolute atomic E-state index is 4.27. The highest BCUT2D eigenvalue weighted by Gasteiger charge is 2.21. The van der Waals surface area contributed by atoms with Gasteiger partial charge in [-0.3, -0.25) is 4.99 Å². The van der Waals surface area contributed by atoms with E-state index in [4.69, 9.17) is 0 Å². The molecule has 1 saturated carbocycles. The SMILES string of the molecule is CN=C(NCC1CC1)NCC(C)N(C)c1ccccc1.I. The maximum atomic E-state index is 4.27. The third-order valence-electron chi connectivity index (χ3n) is 3.87. The van der Waals surface area contributed by atoms with Crippen molar-refractivity contribution in [1.82, 2.24) is 10.6 Å². The van der Waals surface area contributed by atoms with Gasteiger partial charge in [0.2, 0.25) is 0 Å². The molecule has 0 aromatic heterocycles. The van der Waals surface area contributed by atoms with E-state index in [1.165, 1.54) is 18.5 Å². The van der Waals surface area contributed by atoms with Gasteiger partial charge < -0.3 is 15.5 Å². The minimum atomic E-state index is 0. The summed E-state index contributed by atoms with van der Waals surface area (Å²) in [6.07, 6.45) is 2.72. The average molecular weight is 402 g/mol. The van der Waals surface area contributed by atoms with Crippen molar-refractivity contribution in [3.05, 3.63) is 30.3 Å². The number of guanidine groups is 1. The summed E-state index contributed by atoms with van der Waals surface area (Å²) >= 11 is 0. The number of nitrogens with zero attached hydrogens (tertiary/aromatic N) is 2. The minimum absolute atomic E-state index is 0. The van der Waals surface area contributed by atoms with Crippen LogP contribution in [0.25, 0.3) is 0 Å². The van der Waals surface area contributed by atoms with Crippen LogP contribution in [0, 0.1) is 5.92 Å². The molecular formula is C16H27IN4. The Balaban J connectivity index is 0.00000220. The zero-order valence-electron chi connectivity index (χ0n) is 13.2. The Morgan fingerprint density at radius 2 is 1.95 bits per heavy atom. The molecule has 0 spiro atoms. The lowest BCUT2D eigenvalue weighted by atomic mass is 10.2. The van der Waals surface area contributed by atoms with Gasteiger partial charge in [0.05, 0.1) is 0 Å². The monoisotopic (exact) mass is 402 g/mol. The van der Waals surface area contributed by atoms with Gasteiger partial charge in [0.1, 0.15) is 0 Å². The molecule has 1 aromatic carbocycles. The lowest BCUT2D eigenvalue weighted by Gasteiger charge is -2.27. The van der Waals surface area contributed by atoms with Crippen LogP contribution in [0.3, 0.4) is 0 Å². The summed E-state index contributed by atoms with van der Waals surface area (Å²) in [6, 6.07) is 10.9. The molecule has 118 valence electrons. The lowest BCUT2D eigenvalue weighted by molar-refractivity contribution is 0.644. The van der Waals surface area contributed by atoms with E-state index in [0.29, 0.717) is 6.04 Å². The molecule has 0 aliphatic heterocycles. The molecule has 1 atom stereocenters. The predicted molar refractivity (Wildman–Crippen MR) is 102 cm³/mol. The molecule has 0 amide bonds. The van der Waals surface area contributed by atoms with Crippen LogP contribution >= 0.6 is 24.0 Å². The highest BCUT2D eigenvalue weighted by molar-refractivity contribution is 14.0. The van der Waals surface area contributed by atoms with Crippen molar-refractivity contribution in [2.45, 2.75) is 25.8 Å². The van der Waals surface area contributed by atoms with Gasteiger partial charge in [-0.05, 0) is 37.8 Å². The van der Waals surface area contributed by atoms with E-state index in [2.05, 4.69) is 58.8 Å². The van der Waals surface area contributed by atoms with Crippen LogP contribution in [0.5, 0.6) is 0 Å². The van der Waals surface area contributed by atoms with Gasteiger partial charge in [-0.2, -0.15) is 0 Å². The van der Waals surface area contributed by atoms with Gasteiger partial charge in [0.25, 0.3) is 0 Å². The van der Waals surface area contributed by atoms with E-state index < -0.39 is 0 Å². The van der Waals surface area contributed by atoms with Crippen LogP contribution < -0.4 is 15.5 Å². The zero-order chi connectivity index (χ0) is 14.4. The van der Waals surface area contributed by atoms with E-state index in [0.717, 1.165) is 25.0 Å². The summed E-state index contributed by atoms with van der Waals surface area (Å²) in [4.78, 5) is 6.55. The number of nitrogens with one attached hydrogen (secondary N) is 2. The first-order valence-corrected chi connectivity index (χ1v) is 7.43. The third kappa shape index (κ3) is 6.11. The molecule has 4 nitrogen and oxygen atoms in total. The van der Waals surface area contributed by atoms with Crippen molar-refractivity contribution in [1.29, 1.82) is 0 Å². The average Bonchev–Trinajstić information content (AvgIpc) is 3.31. The topological polar surface area (TPSA) is 39.7 Å². The Kier molecular flexibility index (Phi) is 7.85. The number of likely N-dealkylation sites (N-methyl/N-ethyl adjacent to an activating group) is 1. The maximum Gasteiger partial charge on any atom is 0.191 e. The van der Waals surface area contributed by atoms with Crippen LogP contribution in [0.2, 0.25) is 0 Å². The number of para-hydroxylation sites is 1. The number of anilines is 1. The molecule has 2 N–H and O–H groups in total. The summed E-state index contributed by atoms with van der Waals surface area (Å²) in [5.41, 5.74) is 1.24. The van der Waals surface area contributed by atoms with Gasteiger partial charge in [-0.15, -0.1) is 24.0 Å². The third-order valence-corrected chi connectivity index (χ3v) is 3.87. The molecule has 5 heteroatoms. The van der Waals surface area contributed by atoms with Crippen LogP contribution in [-0.4, -0.2) is 39.2 Å². The molecule has 21 heavy (non-hydrogen) atoms. The molecule has 0 saturated heterocycles. The van der Waals surface area contributed by atoms with Gasteiger partial charge in [0.15, 0.2) is 5.96 Å². The molecule has 1 unspecified atom stereocenters. The zero-order valence-corrected chi connectivity index (χ0v) is 15.5. The van der Waals surface area contributed by atoms with E-state index in [1.807, 2.05) is 13.1 Å². The number of hydrogen-bond acceptors (Lipinski definition) is 2. The van der Waals surface area contributed by atoms with Gasteiger partial charge in [-0.1, -0.05) is 18.2 Å². The molecule has 2 rings (SSSR count). The Labute approximate surface area is 145 Å². The predicted octanol–water partition coefficient (Wildman–Crippen LogP) is 2.70. The van der Waals surface area contributed by atoms with Crippen molar-refractivity contribution in [3.8, 4) is 0 Å². The van der Waals surface area contributed by atoms with E-state index >= 15 is 0 Å². The molecule has 0 radical (unpaired) electrons. The minimum Gasteiger partial charge on any atom is -0.370 e. The second-order valence-corrected chi connectivity index (χ2v) is 5.57. The fourth-order valence-corrected chi connectivity index (χ4v) is 2.08. The first-order chi connectivity index (χ1) is 9.70. The first-order valence-electron chi connectivity index (χ1n) is 7.43. The number of aliphatic imine (C=N–C) groups is 1. The van der Waals surface area contributed by atoms with E-state index in [9.17, 15) is 0 Å². The van der Waals surface area contributed by atoms with Gasteiger partial charge >= 0.3 is 0 Å². The Hall–Kier alpha value is -0.980. The second-order valence-electron chi connectivity index (χ2n) is 5.57. The van der Waals surface area contributed by atoms with E-state index in [-0.39, 0.29) is 24.0 Å². The normalized spacial score (nSPS) is 15.9. The molecule has 0 bridgehead atoms. The van der Waals surface area contributed by atoms with Crippen molar-refractivity contribution in [3.63, 3.8) is 0 Å². The first kappa shape index (κ1) is 18.1.